The average molecular weight is 298 g/mol. The molecule has 1 N–H and O–H groups in total. The standard InChI is InChI=1S/C15H26N2O2S/c1-7-8-16-14-9-12(4)15(13(5)10-14)20(18,19)17(6)11(2)3/h9-11,16H,7-8H2,1-6H3. The summed E-state index contributed by atoms with van der Waals surface area (Å²) >= 11 is 0. The summed E-state index contributed by atoms with van der Waals surface area (Å²) in [5.41, 5.74) is 2.56. The molecule has 5 heteroatoms. The van der Waals surface area contributed by atoms with Crippen LogP contribution in [-0.2, 0) is 10.0 Å². The van der Waals surface area contributed by atoms with Crippen molar-refractivity contribution in [3.63, 3.8) is 0 Å². The Morgan fingerprint density at radius 3 is 2.10 bits per heavy atom. The summed E-state index contributed by atoms with van der Waals surface area (Å²) in [6.45, 7) is 10.4. The third-order valence-electron chi connectivity index (χ3n) is 3.40. The summed E-state index contributed by atoms with van der Waals surface area (Å²) < 4.78 is 26.7. The topological polar surface area (TPSA) is 49.4 Å². The number of anilines is 1. The first kappa shape index (κ1) is 17.0. The predicted octanol–water partition coefficient (Wildman–Crippen LogP) is 3.15. The van der Waals surface area contributed by atoms with Gasteiger partial charge in [-0.15, -0.1) is 0 Å². The normalized spacial score (nSPS) is 12.2. The van der Waals surface area contributed by atoms with Gasteiger partial charge in [-0.3, -0.25) is 0 Å². The number of benzene rings is 1. The number of nitrogens with one attached hydrogen (secondary N) is 1. The van der Waals surface area contributed by atoms with Crippen LogP contribution in [0.5, 0.6) is 0 Å². The Bertz CT molecular complexity index is 542. The van der Waals surface area contributed by atoms with Gasteiger partial charge in [0, 0.05) is 25.3 Å². The van der Waals surface area contributed by atoms with Crippen LogP contribution in [0, 0.1) is 13.8 Å². The molecule has 0 spiro atoms. The first-order chi connectivity index (χ1) is 9.21. The van der Waals surface area contributed by atoms with Gasteiger partial charge in [0.25, 0.3) is 0 Å². The fourth-order valence-electron chi connectivity index (χ4n) is 2.15. The van der Waals surface area contributed by atoms with E-state index >= 15 is 0 Å². The van der Waals surface area contributed by atoms with Crippen LogP contribution in [0.3, 0.4) is 0 Å². The molecule has 0 saturated heterocycles. The van der Waals surface area contributed by atoms with Crippen molar-refractivity contribution in [1.82, 2.24) is 4.31 Å². The minimum absolute atomic E-state index is 0.0586. The number of hydrogen-bond acceptors (Lipinski definition) is 3. The van der Waals surface area contributed by atoms with E-state index in [0.29, 0.717) is 4.90 Å². The highest BCUT2D eigenvalue weighted by molar-refractivity contribution is 7.89. The second-order valence-electron chi connectivity index (χ2n) is 5.48. The van der Waals surface area contributed by atoms with Gasteiger partial charge in [-0.2, -0.15) is 4.31 Å². The van der Waals surface area contributed by atoms with E-state index in [0.717, 1.165) is 29.8 Å². The zero-order valence-electron chi connectivity index (χ0n) is 13.3. The number of nitrogens with zero attached hydrogens (tertiary/aromatic N) is 1. The van der Waals surface area contributed by atoms with Crippen LogP contribution in [-0.4, -0.2) is 32.4 Å². The van der Waals surface area contributed by atoms with Crippen LogP contribution in [0.1, 0.15) is 38.3 Å². The van der Waals surface area contributed by atoms with Crippen LogP contribution < -0.4 is 5.32 Å². The Labute approximate surface area is 123 Å². The Morgan fingerprint density at radius 2 is 1.70 bits per heavy atom. The molecule has 0 radical (unpaired) electrons. The number of rotatable bonds is 6. The van der Waals surface area contributed by atoms with Gasteiger partial charge in [0.1, 0.15) is 0 Å². The lowest BCUT2D eigenvalue weighted by atomic mass is 10.1. The van der Waals surface area contributed by atoms with Crippen molar-refractivity contribution < 1.29 is 8.42 Å². The zero-order valence-corrected chi connectivity index (χ0v) is 14.1. The first-order valence-electron chi connectivity index (χ1n) is 7.05. The van der Waals surface area contributed by atoms with Crippen molar-refractivity contribution in [2.75, 3.05) is 18.9 Å². The summed E-state index contributed by atoms with van der Waals surface area (Å²) in [5, 5.41) is 3.30. The molecule has 20 heavy (non-hydrogen) atoms. The molecule has 1 rings (SSSR count). The van der Waals surface area contributed by atoms with Crippen molar-refractivity contribution in [3.8, 4) is 0 Å². The van der Waals surface area contributed by atoms with Crippen molar-refractivity contribution in [2.45, 2.75) is 52.0 Å². The van der Waals surface area contributed by atoms with E-state index in [-0.39, 0.29) is 6.04 Å². The average Bonchev–Trinajstić information content (AvgIpc) is 2.34. The van der Waals surface area contributed by atoms with Gasteiger partial charge in [0.05, 0.1) is 4.90 Å². The van der Waals surface area contributed by atoms with Crippen molar-refractivity contribution in [1.29, 1.82) is 0 Å². The fourth-order valence-corrected chi connectivity index (χ4v) is 3.92. The maximum absolute atomic E-state index is 12.6. The highest BCUT2D eigenvalue weighted by Crippen LogP contribution is 2.27. The summed E-state index contributed by atoms with van der Waals surface area (Å²) in [6, 6.07) is 3.75. The van der Waals surface area contributed by atoms with E-state index in [4.69, 9.17) is 0 Å². The molecule has 0 aliphatic heterocycles. The summed E-state index contributed by atoms with van der Waals surface area (Å²) in [6.07, 6.45) is 1.04. The molecule has 0 unspecified atom stereocenters. The molecule has 0 aromatic heterocycles. The number of hydrogen-bond donors (Lipinski definition) is 1. The Balaban J connectivity index is 3.27. The molecule has 1 aromatic carbocycles. The van der Waals surface area contributed by atoms with E-state index in [1.807, 2.05) is 39.8 Å². The molecular weight excluding hydrogens is 272 g/mol. The van der Waals surface area contributed by atoms with E-state index in [1.54, 1.807) is 7.05 Å². The van der Waals surface area contributed by atoms with Crippen LogP contribution in [0.4, 0.5) is 5.69 Å². The number of aryl methyl sites for hydroxylation is 2. The molecule has 114 valence electrons. The second-order valence-corrected chi connectivity index (χ2v) is 7.42. The van der Waals surface area contributed by atoms with E-state index in [2.05, 4.69) is 12.2 Å². The lowest BCUT2D eigenvalue weighted by Gasteiger charge is -2.23. The molecule has 4 nitrogen and oxygen atoms in total. The minimum atomic E-state index is -3.43. The maximum Gasteiger partial charge on any atom is 0.243 e. The van der Waals surface area contributed by atoms with E-state index < -0.39 is 10.0 Å². The van der Waals surface area contributed by atoms with Gasteiger partial charge in [0.15, 0.2) is 0 Å². The van der Waals surface area contributed by atoms with Crippen LogP contribution >= 0.6 is 0 Å². The maximum atomic E-state index is 12.6. The fraction of sp³-hybridized carbons (Fsp3) is 0.600. The molecule has 0 fully saturated rings. The molecular formula is C15H26N2O2S. The largest absolute Gasteiger partial charge is 0.385 e. The third kappa shape index (κ3) is 3.52. The Hall–Kier alpha value is -1.07. The SMILES string of the molecule is CCCNc1cc(C)c(S(=O)(=O)N(C)C(C)C)c(C)c1. The number of sulfonamides is 1. The molecule has 0 bridgehead atoms. The van der Waals surface area contributed by atoms with Crippen molar-refractivity contribution in [3.05, 3.63) is 23.3 Å². The highest BCUT2D eigenvalue weighted by atomic mass is 32.2. The zero-order chi connectivity index (χ0) is 15.5. The molecule has 0 heterocycles. The minimum Gasteiger partial charge on any atom is -0.385 e. The van der Waals surface area contributed by atoms with Crippen molar-refractivity contribution in [2.24, 2.45) is 0 Å². The molecule has 0 aliphatic rings. The van der Waals surface area contributed by atoms with Crippen LogP contribution in [0.2, 0.25) is 0 Å². The first-order valence-corrected chi connectivity index (χ1v) is 8.49. The summed E-state index contributed by atoms with van der Waals surface area (Å²) in [7, 11) is -1.80. The Morgan fingerprint density at radius 1 is 1.20 bits per heavy atom. The van der Waals surface area contributed by atoms with Gasteiger partial charge in [-0.05, 0) is 57.4 Å². The molecule has 1 aromatic rings. The molecule has 0 saturated carbocycles. The van der Waals surface area contributed by atoms with Crippen LogP contribution in [0.25, 0.3) is 0 Å². The van der Waals surface area contributed by atoms with E-state index in [9.17, 15) is 8.42 Å². The van der Waals surface area contributed by atoms with Gasteiger partial charge in [-0.25, -0.2) is 8.42 Å². The predicted molar refractivity (Wildman–Crippen MR) is 84.8 cm³/mol. The molecule has 0 atom stereocenters. The summed E-state index contributed by atoms with van der Waals surface area (Å²) in [4.78, 5) is 0.427. The lowest BCUT2D eigenvalue weighted by molar-refractivity contribution is 0.410. The molecule has 0 amide bonds. The third-order valence-corrected chi connectivity index (χ3v) is 5.74. The Kier molecular flexibility index (Phi) is 5.59. The molecule has 0 aliphatic carbocycles. The van der Waals surface area contributed by atoms with Gasteiger partial charge in [0.2, 0.25) is 10.0 Å². The highest BCUT2D eigenvalue weighted by Gasteiger charge is 2.26. The van der Waals surface area contributed by atoms with Crippen LogP contribution in [0.15, 0.2) is 17.0 Å². The quantitative estimate of drug-likeness (QED) is 0.877. The smallest absolute Gasteiger partial charge is 0.243 e. The van der Waals surface area contributed by atoms with Gasteiger partial charge >= 0.3 is 0 Å². The monoisotopic (exact) mass is 298 g/mol. The van der Waals surface area contributed by atoms with Crippen molar-refractivity contribution >= 4 is 15.7 Å². The summed E-state index contributed by atoms with van der Waals surface area (Å²) in [5.74, 6) is 0. The lowest BCUT2D eigenvalue weighted by Crippen LogP contribution is -2.34. The second kappa shape index (κ2) is 6.59. The van der Waals surface area contributed by atoms with Gasteiger partial charge in [-0.1, -0.05) is 6.92 Å². The van der Waals surface area contributed by atoms with E-state index in [1.165, 1.54) is 4.31 Å². The van der Waals surface area contributed by atoms with Gasteiger partial charge < -0.3 is 5.32 Å².